The van der Waals surface area contributed by atoms with E-state index in [1.165, 1.54) is 17.8 Å². The predicted molar refractivity (Wildman–Crippen MR) is 67.0 cm³/mol. The molecule has 0 aliphatic heterocycles. The topological polar surface area (TPSA) is 76.2 Å². The van der Waals surface area contributed by atoms with E-state index >= 15 is 0 Å². The van der Waals surface area contributed by atoms with E-state index in [-0.39, 0.29) is 12.0 Å². The number of hydrogen-bond donors (Lipinski definition) is 2. The fourth-order valence-electron chi connectivity index (χ4n) is 2.56. The Morgan fingerprint density at radius 2 is 2.53 bits per heavy atom. The van der Waals surface area contributed by atoms with Crippen LogP contribution in [0.3, 0.4) is 0 Å². The summed E-state index contributed by atoms with van der Waals surface area (Å²) in [6.45, 7) is 2.21. The van der Waals surface area contributed by atoms with Gasteiger partial charge < -0.3 is 10.8 Å². The molecule has 17 heavy (non-hydrogen) atoms. The lowest BCUT2D eigenvalue weighted by molar-refractivity contribution is -0.136. The van der Waals surface area contributed by atoms with Crippen LogP contribution in [-0.4, -0.2) is 16.1 Å². The number of aromatic nitrogens is 1. The van der Waals surface area contributed by atoms with Crippen LogP contribution < -0.4 is 5.73 Å². The molecule has 1 aliphatic rings. The van der Waals surface area contributed by atoms with Crippen molar-refractivity contribution in [1.82, 2.24) is 4.98 Å². The Hall–Kier alpha value is -0.940. The van der Waals surface area contributed by atoms with Gasteiger partial charge in [0.25, 0.3) is 0 Å². The van der Waals surface area contributed by atoms with Gasteiger partial charge in [0.2, 0.25) is 0 Å². The molecule has 1 aromatic rings. The van der Waals surface area contributed by atoms with Gasteiger partial charge in [0.15, 0.2) is 0 Å². The minimum absolute atomic E-state index is 0.0118. The van der Waals surface area contributed by atoms with Crippen LogP contribution in [-0.2, 0) is 16.8 Å². The maximum atomic E-state index is 10.6. The molecule has 94 valence electrons. The van der Waals surface area contributed by atoms with Crippen molar-refractivity contribution in [3.63, 3.8) is 0 Å². The molecule has 1 fully saturated rings. The van der Waals surface area contributed by atoms with Gasteiger partial charge in [0, 0.05) is 5.38 Å². The molecule has 0 radical (unpaired) electrons. The van der Waals surface area contributed by atoms with Crippen LogP contribution in [0.2, 0.25) is 0 Å². The first-order valence-electron chi connectivity index (χ1n) is 5.95. The van der Waals surface area contributed by atoms with Crippen molar-refractivity contribution < 1.29 is 9.90 Å². The molecular weight excluding hydrogens is 236 g/mol. The van der Waals surface area contributed by atoms with E-state index in [0.717, 1.165) is 24.3 Å². The number of carbonyl (C=O) groups is 1. The third-order valence-electron chi connectivity index (χ3n) is 3.34. The summed E-state index contributed by atoms with van der Waals surface area (Å²) >= 11 is 1.50. The van der Waals surface area contributed by atoms with E-state index in [2.05, 4.69) is 11.9 Å². The number of nitrogens with zero attached hydrogens (tertiary/aromatic N) is 1. The summed E-state index contributed by atoms with van der Waals surface area (Å²) in [5, 5.41) is 11.4. The van der Waals surface area contributed by atoms with Crippen molar-refractivity contribution in [2.75, 3.05) is 0 Å². The van der Waals surface area contributed by atoms with Gasteiger partial charge in [0.1, 0.15) is 5.01 Å². The summed E-state index contributed by atoms with van der Waals surface area (Å²) in [6, 6.07) is 0. The Labute approximate surface area is 105 Å². The lowest BCUT2D eigenvalue weighted by Crippen LogP contribution is -2.40. The zero-order chi connectivity index (χ0) is 12.5. The quantitative estimate of drug-likeness (QED) is 0.866. The van der Waals surface area contributed by atoms with Crippen LogP contribution in [0.25, 0.3) is 0 Å². The van der Waals surface area contributed by atoms with Crippen molar-refractivity contribution in [3.8, 4) is 0 Å². The van der Waals surface area contributed by atoms with Crippen molar-refractivity contribution in [2.24, 2.45) is 11.7 Å². The summed E-state index contributed by atoms with van der Waals surface area (Å²) < 4.78 is 0. The van der Waals surface area contributed by atoms with E-state index in [1.54, 1.807) is 0 Å². The Kier molecular flexibility index (Phi) is 3.49. The monoisotopic (exact) mass is 254 g/mol. The standard InChI is InChI=1S/C12H18N2O2S/c1-8-3-2-4-12(13,6-8)11-14-9(7-17-11)5-10(15)16/h7-8H,2-6,13H2,1H3,(H,15,16). The normalized spacial score (nSPS) is 29.2. The first-order chi connectivity index (χ1) is 7.99. The lowest BCUT2D eigenvalue weighted by Gasteiger charge is -2.35. The highest BCUT2D eigenvalue weighted by molar-refractivity contribution is 7.09. The maximum Gasteiger partial charge on any atom is 0.309 e. The highest BCUT2D eigenvalue weighted by atomic mass is 32.1. The number of rotatable bonds is 3. The fraction of sp³-hybridized carbons (Fsp3) is 0.667. The van der Waals surface area contributed by atoms with Gasteiger partial charge in [-0.1, -0.05) is 19.8 Å². The largest absolute Gasteiger partial charge is 0.481 e. The summed E-state index contributed by atoms with van der Waals surface area (Å²) in [5.41, 5.74) is 6.71. The Morgan fingerprint density at radius 1 is 1.76 bits per heavy atom. The van der Waals surface area contributed by atoms with Crippen molar-refractivity contribution in [3.05, 3.63) is 16.1 Å². The number of carboxylic acid groups (broad SMARTS) is 1. The van der Waals surface area contributed by atoms with Gasteiger partial charge in [0.05, 0.1) is 17.7 Å². The Bertz CT molecular complexity index is 418. The number of aliphatic carboxylic acids is 1. The second-order valence-electron chi connectivity index (χ2n) is 5.07. The molecule has 2 rings (SSSR count). The van der Waals surface area contributed by atoms with Gasteiger partial charge in [-0.2, -0.15) is 0 Å². The van der Waals surface area contributed by atoms with Crippen LogP contribution in [0.1, 0.15) is 43.3 Å². The molecule has 3 N–H and O–H groups in total. The second kappa shape index (κ2) is 4.74. The van der Waals surface area contributed by atoms with Gasteiger partial charge in [-0.15, -0.1) is 11.3 Å². The molecule has 5 heteroatoms. The smallest absolute Gasteiger partial charge is 0.309 e. The minimum atomic E-state index is -0.843. The van der Waals surface area contributed by atoms with Crippen molar-refractivity contribution in [2.45, 2.75) is 44.6 Å². The maximum absolute atomic E-state index is 10.6. The van der Waals surface area contributed by atoms with Crippen molar-refractivity contribution in [1.29, 1.82) is 0 Å². The lowest BCUT2D eigenvalue weighted by atomic mass is 9.77. The molecule has 0 spiro atoms. The number of thiazole rings is 1. The van der Waals surface area contributed by atoms with Gasteiger partial charge in [-0.3, -0.25) is 4.79 Å². The molecule has 1 aromatic heterocycles. The summed E-state index contributed by atoms with van der Waals surface area (Å²) in [7, 11) is 0. The summed E-state index contributed by atoms with van der Waals surface area (Å²) in [6.07, 6.45) is 4.25. The minimum Gasteiger partial charge on any atom is -0.481 e. The van der Waals surface area contributed by atoms with Crippen LogP contribution in [0.5, 0.6) is 0 Å². The molecule has 4 nitrogen and oxygen atoms in total. The molecule has 1 saturated carbocycles. The van der Waals surface area contributed by atoms with E-state index in [0.29, 0.717) is 11.6 Å². The first-order valence-corrected chi connectivity index (χ1v) is 6.83. The van der Waals surface area contributed by atoms with Crippen LogP contribution >= 0.6 is 11.3 Å². The zero-order valence-electron chi connectivity index (χ0n) is 9.98. The summed E-state index contributed by atoms with van der Waals surface area (Å²) in [4.78, 5) is 15.0. The SMILES string of the molecule is CC1CCCC(N)(c2nc(CC(=O)O)cs2)C1. The zero-order valence-corrected chi connectivity index (χ0v) is 10.8. The number of hydrogen-bond acceptors (Lipinski definition) is 4. The Morgan fingerprint density at radius 3 is 3.18 bits per heavy atom. The molecule has 2 atom stereocenters. The molecule has 0 aromatic carbocycles. The van der Waals surface area contributed by atoms with Crippen molar-refractivity contribution >= 4 is 17.3 Å². The van der Waals surface area contributed by atoms with E-state index < -0.39 is 5.97 Å². The third kappa shape index (κ3) is 2.84. The van der Waals surface area contributed by atoms with E-state index in [1.807, 2.05) is 5.38 Å². The highest BCUT2D eigenvalue weighted by Gasteiger charge is 2.35. The first kappa shape index (κ1) is 12.5. The number of carboxylic acids is 1. The average molecular weight is 254 g/mol. The third-order valence-corrected chi connectivity index (χ3v) is 4.45. The molecule has 1 aliphatic carbocycles. The predicted octanol–water partition coefficient (Wildman–Crippen LogP) is 2.13. The van der Waals surface area contributed by atoms with Crippen LogP contribution in [0.15, 0.2) is 5.38 Å². The fourth-order valence-corrected chi connectivity index (χ4v) is 3.53. The molecule has 1 heterocycles. The molecular formula is C12H18N2O2S. The molecule has 0 bridgehead atoms. The van der Waals surface area contributed by atoms with Gasteiger partial charge >= 0.3 is 5.97 Å². The van der Waals surface area contributed by atoms with Gasteiger partial charge in [-0.25, -0.2) is 4.98 Å². The van der Waals surface area contributed by atoms with Gasteiger partial charge in [-0.05, 0) is 18.8 Å². The van der Waals surface area contributed by atoms with E-state index in [4.69, 9.17) is 10.8 Å². The van der Waals surface area contributed by atoms with Crippen LogP contribution in [0, 0.1) is 5.92 Å². The molecule has 2 unspecified atom stereocenters. The Balaban J connectivity index is 2.15. The summed E-state index contributed by atoms with van der Waals surface area (Å²) in [5.74, 6) is -0.217. The van der Waals surface area contributed by atoms with Crippen LogP contribution in [0.4, 0.5) is 0 Å². The average Bonchev–Trinajstić information content (AvgIpc) is 2.65. The molecule has 0 amide bonds. The van der Waals surface area contributed by atoms with E-state index in [9.17, 15) is 4.79 Å². The number of nitrogens with two attached hydrogens (primary N) is 1. The molecule has 0 saturated heterocycles. The second-order valence-corrected chi connectivity index (χ2v) is 5.93. The highest BCUT2D eigenvalue weighted by Crippen LogP contribution is 2.38.